The summed E-state index contributed by atoms with van der Waals surface area (Å²) in [6, 6.07) is 3.78. The van der Waals surface area contributed by atoms with Crippen molar-refractivity contribution in [2.24, 2.45) is 0 Å². The van der Waals surface area contributed by atoms with E-state index in [0.717, 1.165) is 17.9 Å². The first kappa shape index (κ1) is 9.74. The van der Waals surface area contributed by atoms with Crippen LogP contribution in [0.4, 0.5) is 0 Å². The highest BCUT2D eigenvalue weighted by atomic mass is 35.5. The van der Waals surface area contributed by atoms with Crippen molar-refractivity contribution in [1.29, 1.82) is 0 Å². The number of hydrogen-bond acceptors (Lipinski definition) is 4. The molecule has 3 rings (SSSR count). The molecule has 0 radical (unpaired) electrons. The van der Waals surface area contributed by atoms with Gasteiger partial charge in [0.25, 0.3) is 0 Å². The van der Waals surface area contributed by atoms with Crippen LogP contribution >= 0.6 is 22.9 Å². The molecule has 0 aliphatic heterocycles. The van der Waals surface area contributed by atoms with Gasteiger partial charge in [0.1, 0.15) is 17.3 Å². The summed E-state index contributed by atoms with van der Waals surface area (Å²) in [4.78, 5) is 4.02. The molecule has 0 aliphatic carbocycles. The lowest BCUT2D eigenvalue weighted by Crippen LogP contribution is -1.96. The van der Waals surface area contributed by atoms with Gasteiger partial charge < -0.3 is 0 Å². The Morgan fingerprint density at radius 3 is 3.12 bits per heavy atom. The normalized spacial score (nSPS) is 11.1. The monoisotopic (exact) mass is 250 g/mol. The van der Waals surface area contributed by atoms with Crippen LogP contribution in [0, 0.1) is 0 Å². The van der Waals surface area contributed by atoms with Crippen LogP contribution in [0.15, 0.2) is 29.2 Å². The van der Waals surface area contributed by atoms with Crippen LogP contribution in [0.3, 0.4) is 0 Å². The van der Waals surface area contributed by atoms with Crippen molar-refractivity contribution in [3.63, 3.8) is 0 Å². The zero-order valence-electron chi connectivity index (χ0n) is 8.17. The lowest BCUT2D eigenvalue weighted by Gasteiger charge is -1.97. The van der Waals surface area contributed by atoms with Gasteiger partial charge in [0, 0.05) is 12.5 Å². The maximum absolute atomic E-state index is 5.78. The van der Waals surface area contributed by atoms with Gasteiger partial charge in [-0.15, -0.1) is 10.2 Å². The third-order valence-electron chi connectivity index (χ3n) is 2.28. The molecule has 4 nitrogen and oxygen atoms in total. The van der Waals surface area contributed by atoms with Gasteiger partial charge in [0.05, 0.1) is 0 Å². The van der Waals surface area contributed by atoms with Crippen molar-refractivity contribution >= 4 is 28.6 Å². The van der Waals surface area contributed by atoms with Crippen LogP contribution in [-0.2, 0) is 6.42 Å². The highest BCUT2D eigenvalue weighted by molar-refractivity contribution is 7.07. The van der Waals surface area contributed by atoms with E-state index in [2.05, 4.69) is 26.6 Å². The topological polar surface area (TPSA) is 43.1 Å². The standard InChI is InChI=1S/C10H7ClN4S/c11-8-4-10-14-13-9(15(10)6-12-8)3-7-1-2-16-5-7/h1-2,4-6H,3H2. The number of hydrogen-bond donors (Lipinski definition) is 0. The zero-order valence-corrected chi connectivity index (χ0v) is 9.74. The molecule has 0 saturated carbocycles. The Hall–Kier alpha value is -1.46. The summed E-state index contributed by atoms with van der Waals surface area (Å²) >= 11 is 7.46. The van der Waals surface area contributed by atoms with E-state index in [4.69, 9.17) is 11.6 Å². The molecule has 3 heterocycles. The third-order valence-corrected chi connectivity index (χ3v) is 3.22. The van der Waals surface area contributed by atoms with Gasteiger partial charge in [-0.2, -0.15) is 11.3 Å². The molecule has 0 fully saturated rings. The molecule has 0 amide bonds. The second kappa shape index (κ2) is 3.84. The van der Waals surface area contributed by atoms with Crippen molar-refractivity contribution in [2.75, 3.05) is 0 Å². The van der Waals surface area contributed by atoms with Crippen molar-refractivity contribution in [1.82, 2.24) is 19.6 Å². The van der Waals surface area contributed by atoms with Crippen molar-refractivity contribution in [3.8, 4) is 0 Å². The van der Waals surface area contributed by atoms with Gasteiger partial charge in [-0.25, -0.2) is 4.98 Å². The van der Waals surface area contributed by atoms with E-state index in [1.54, 1.807) is 23.7 Å². The molecule has 3 aromatic rings. The summed E-state index contributed by atoms with van der Waals surface area (Å²) in [5, 5.41) is 12.8. The summed E-state index contributed by atoms with van der Waals surface area (Å²) in [5.41, 5.74) is 1.96. The smallest absolute Gasteiger partial charge is 0.165 e. The van der Waals surface area contributed by atoms with Crippen molar-refractivity contribution < 1.29 is 0 Å². The average molecular weight is 251 g/mol. The molecular formula is C10H7ClN4S. The molecule has 0 atom stereocenters. The van der Waals surface area contributed by atoms with Crippen LogP contribution in [0.5, 0.6) is 0 Å². The van der Waals surface area contributed by atoms with Crippen LogP contribution in [0.25, 0.3) is 5.65 Å². The Bertz CT molecular complexity index is 617. The Morgan fingerprint density at radius 1 is 1.38 bits per heavy atom. The first-order valence-electron chi connectivity index (χ1n) is 4.69. The number of rotatable bonds is 2. The summed E-state index contributed by atoms with van der Waals surface area (Å²) < 4.78 is 1.85. The third kappa shape index (κ3) is 1.68. The van der Waals surface area contributed by atoms with Crippen LogP contribution in [-0.4, -0.2) is 19.6 Å². The molecule has 0 bridgehead atoms. The van der Waals surface area contributed by atoms with Crippen molar-refractivity contribution in [3.05, 3.63) is 45.8 Å². The predicted molar refractivity (Wildman–Crippen MR) is 62.9 cm³/mol. The molecule has 16 heavy (non-hydrogen) atoms. The SMILES string of the molecule is Clc1cc2nnc(Cc3ccsc3)n2cn1. The van der Waals surface area contributed by atoms with Crippen LogP contribution < -0.4 is 0 Å². The van der Waals surface area contributed by atoms with Gasteiger partial charge in [-0.05, 0) is 22.4 Å². The Morgan fingerprint density at radius 2 is 2.31 bits per heavy atom. The first-order chi connectivity index (χ1) is 7.83. The molecule has 80 valence electrons. The minimum Gasteiger partial charge on any atom is -0.269 e. The fourth-order valence-corrected chi connectivity index (χ4v) is 2.32. The summed E-state index contributed by atoms with van der Waals surface area (Å²) in [6.07, 6.45) is 2.41. The summed E-state index contributed by atoms with van der Waals surface area (Å²) in [7, 11) is 0. The maximum Gasteiger partial charge on any atom is 0.165 e. The zero-order chi connectivity index (χ0) is 11.0. The van der Waals surface area contributed by atoms with Gasteiger partial charge in [0.15, 0.2) is 5.65 Å². The molecule has 0 aliphatic rings. The number of aromatic nitrogens is 4. The fraction of sp³-hybridized carbons (Fsp3) is 0.100. The minimum absolute atomic E-state index is 0.432. The first-order valence-corrected chi connectivity index (χ1v) is 6.01. The van der Waals surface area contributed by atoms with Gasteiger partial charge in [0.2, 0.25) is 0 Å². The van der Waals surface area contributed by atoms with Crippen molar-refractivity contribution in [2.45, 2.75) is 6.42 Å². The molecule has 6 heteroatoms. The van der Waals surface area contributed by atoms with E-state index in [0.29, 0.717) is 5.15 Å². The second-order valence-corrected chi connectivity index (χ2v) is 4.53. The quantitative estimate of drug-likeness (QED) is 0.656. The number of halogens is 1. The highest BCUT2D eigenvalue weighted by Gasteiger charge is 2.07. The Kier molecular flexibility index (Phi) is 2.34. The van der Waals surface area contributed by atoms with E-state index in [1.165, 1.54) is 5.56 Å². The Labute approximate surface area is 101 Å². The molecule has 0 saturated heterocycles. The number of nitrogens with zero attached hydrogens (tertiary/aromatic N) is 4. The number of fused-ring (bicyclic) bond motifs is 1. The fourth-order valence-electron chi connectivity index (χ4n) is 1.51. The van der Waals surface area contributed by atoms with Gasteiger partial charge in [-0.3, -0.25) is 4.40 Å². The molecule has 0 aromatic carbocycles. The lowest BCUT2D eigenvalue weighted by atomic mass is 10.2. The lowest BCUT2D eigenvalue weighted by molar-refractivity contribution is 0.922. The highest BCUT2D eigenvalue weighted by Crippen LogP contribution is 2.13. The van der Waals surface area contributed by atoms with E-state index in [1.807, 2.05) is 9.78 Å². The van der Waals surface area contributed by atoms with E-state index >= 15 is 0 Å². The molecule has 0 unspecified atom stereocenters. The molecule has 0 N–H and O–H groups in total. The largest absolute Gasteiger partial charge is 0.269 e. The van der Waals surface area contributed by atoms with Gasteiger partial charge >= 0.3 is 0 Å². The number of thiophene rings is 1. The van der Waals surface area contributed by atoms with E-state index in [-0.39, 0.29) is 0 Å². The van der Waals surface area contributed by atoms with E-state index < -0.39 is 0 Å². The Balaban J connectivity index is 2.04. The van der Waals surface area contributed by atoms with E-state index in [9.17, 15) is 0 Å². The van der Waals surface area contributed by atoms with Crippen LogP contribution in [0.1, 0.15) is 11.4 Å². The molecular weight excluding hydrogens is 244 g/mol. The van der Waals surface area contributed by atoms with Crippen LogP contribution in [0.2, 0.25) is 5.15 Å². The molecule has 0 spiro atoms. The minimum atomic E-state index is 0.432. The maximum atomic E-state index is 5.78. The second-order valence-electron chi connectivity index (χ2n) is 3.36. The van der Waals surface area contributed by atoms with Gasteiger partial charge in [-0.1, -0.05) is 11.6 Å². The summed E-state index contributed by atoms with van der Waals surface area (Å²) in [6.45, 7) is 0. The summed E-state index contributed by atoms with van der Waals surface area (Å²) in [5.74, 6) is 0.873. The molecule has 3 aromatic heterocycles. The predicted octanol–water partition coefficient (Wildman–Crippen LogP) is 2.43. The average Bonchev–Trinajstić information content (AvgIpc) is 2.89.